The molecule has 4 heteroatoms. The van der Waals surface area contributed by atoms with Crippen LogP contribution in [0.1, 0.15) is 17.5 Å². The lowest BCUT2D eigenvalue weighted by Gasteiger charge is -2.00. The minimum absolute atomic E-state index is 0.172. The molecule has 0 atom stereocenters. The highest BCUT2D eigenvalue weighted by atomic mass is 16.6. The average molecular weight is 206 g/mol. The lowest BCUT2D eigenvalue weighted by molar-refractivity contribution is -0.385. The highest BCUT2D eigenvalue weighted by Gasteiger charge is 2.13. The molecule has 0 unspecified atom stereocenters. The molecule has 2 N–H and O–H groups in total. The SMILES string of the molecule is Cc1cccc(C=CCCN)c1[N+](=O)[O-]. The maximum atomic E-state index is 10.8. The van der Waals surface area contributed by atoms with Crippen LogP contribution in [0.5, 0.6) is 0 Å². The molecule has 80 valence electrons. The van der Waals surface area contributed by atoms with Crippen molar-refractivity contribution in [2.75, 3.05) is 6.54 Å². The Morgan fingerprint density at radius 2 is 2.27 bits per heavy atom. The Labute approximate surface area is 88.6 Å². The number of nitrogens with two attached hydrogens (primary N) is 1. The van der Waals surface area contributed by atoms with Gasteiger partial charge in [-0.1, -0.05) is 24.3 Å². The maximum absolute atomic E-state index is 10.8. The van der Waals surface area contributed by atoms with E-state index in [9.17, 15) is 10.1 Å². The molecule has 0 aliphatic carbocycles. The van der Waals surface area contributed by atoms with E-state index in [2.05, 4.69) is 0 Å². The van der Waals surface area contributed by atoms with Crippen LogP contribution in [0, 0.1) is 17.0 Å². The van der Waals surface area contributed by atoms with Crippen LogP contribution in [-0.4, -0.2) is 11.5 Å². The van der Waals surface area contributed by atoms with Gasteiger partial charge in [-0.15, -0.1) is 0 Å². The normalized spacial score (nSPS) is 10.8. The Morgan fingerprint density at radius 1 is 1.53 bits per heavy atom. The zero-order valence-electron chi connectivity index (χ0n) is 8.64. The Kier molecular flexibility index (Phi) is 4.00. The van der Waals surface area contributed by atoms with E-state index in [0.29, 0.717) is 17.7 Å². The van der Waals surface area contributed by atoms with Crippen LogP contribution in [0.15, 0.2) is 24.3 Å². The first-order chi connectivity index (χ1) is 7.16. The Morgan fingerprint density at radius 3 is 2.87 bits per heavy atom. The summed E-state index contributed by atoms with van der Waals surface area (Å²) in [6.45, 7) is 2.29. The zero-order chi connectivity index (χ0) is 11.3. The van der Waals surface area contributed by atoms with Gasteiger partial charge in [-0.05, 0) is 26.0 Å². The van der Waals surface area contributed by atoms with E-state index < -0.39 is 0 Å². The molecule has 1 aromatic rings. The average Bonchev–Trinajstić information content (AvgIpc) is 2.17. The Balaban J connectivity index is 3.06. The van der Waals surface area contributed by atoms with E-state index in [1.54, 1.807) is 25.1 Å². The Hall–Kier alpha value is -1.68. The van der Waals surface area contributed by atoms with Crippen LogP contribution >= 0.6 is 0 Å². The molecule has 0 saturated heterocycles. The number of nitrogens with zero attached hydrogens (tertiary/aromatic N) is 1. The quantitative estimate of drug-likeness (QED) is 0.606. The fourth-order valence-electron chi connectivity index (χ4n) is 1.37. The molecule has 4 nitrogen and oxygen atoms in total. The fraction of sp³-hybridized carbons (Fsp3) is 0.273. The minimum atomic E-state index is -0.350. The van der Waals surface area contributed by atoms with Gasteiger partial charge in [0.15, 0.2) is 0 Å². The molecule has 0 aliphatic heterocycles. The molecule has 0 heterocycles. The van der Waals surface area contributed by atoms with Gasteiger partial charge in [0, 0.05) is 5.56 Å². The van der Waals surface area contributed by atoms with Gasteiger partial charge in [0.25, 0.3) is 5.69 Å². The summed E-state index contributed by atoms with van der Waals surface area (Å²) < 4.78 is 0. The molecule has 0 spiro atoms. The number of nitro groups is 1. The number of aryl methyl sites for hydroxylation is 1. The highest BCUT2D eigenvalue weighted by Crippen LogP contribution is 2.24. The topological polar surface area (TPSA) is 69.2 Å². The molecule has 0 aliphatic rings. The van der Waals surface area contributed by atoms with Crippen molar-refractivity contribution in [1.82, 2.24) is 0 Å². The second kappa shape index (κ2) is 5.26. The van der Waals surface area contributed by atoms with Crippen LogP contribution in [0.25, 0.3) is 6.08 Å². The van der Waals surface area contributed by atoms with E-state index >= 15 is 0 Å². The number of hydrogen-bond acceptors (Lipinski definition) is 3. The van der Waals surface area contributed by atoms with Crippen molar-refractivity contribution in [3.8, 4) is 0 Å². The molecular formula is C11H14N2O2. The standard InChI is InChI=1S/C11H14N2O2/c1-9-5-4-7-10(6-2-3-8-12)11(9)13(14)15/h2,4-7H,3,8,12H2,1H3. The predicted octanol–water partition coefficient (Wildman–Crippen LogP) is 2.27. The summed E-state index contributed by atoms with van der Waals surface area (Å²) in [6.07, 6.45) is 4.32. The number of benzene rings is 1. The largest absolute Gasteiger partial charge is 0.330 e. The van der Waals surface area contributed by atoms with Crippen molar-refractivity contribution in [3.63, 3.8) is 0 Å². The summed E-state index contributed by atoms with van der Waals surface area (Å²) in [5.74, 6) is 0. The van der Waals surface area contributed by atoms with Gasteiger partial charge in [-0.3, -0.25) is 10.1 Å². The number of hydrogen-bond donors (Lipinski definition) is 1. The third-order valence-electron chi connectivity index (χ3n) is 2.08. The summed E-state index contributed by atoms with van der Waals surface area (Å²) >= 11 is 0. The van der Waals surface area contributed by atoms with Crippen molar-refractivity contribution in [1.29, 1.82) is 0 Å². The third-order valence-corrected chi connectivity index (χ3v) is 2.08. The van der Waals surface area contributed by atoms with E-state index in [4.69, 9.17) is 5.73 Å². The van der Waals surface area contributed by atoms with Gasteiger partial charge in [0.2, 0.25) is 0 Å². The molecule has 0 fully saturated rings. The number of nitro benzene ring substituents is 1. The molecule has 15 heavy (non-hydrogen) atoms. The van der Waals surface area contributed by atoms with Crippen LogP contribution in [0.4, 0.5) is 5.69 Å². The first-order valence-electron chi connectivity index (χ1n) is 4.77. The van der Waals surface area contributed by atoms with Gasteiger partial charge in [-0.2, -0.15) is 0 Å². The molecule has 0 aromatic heterocycles. The van der Waals surface area contributed by atoms with Crippen molar-refractivity contribution in [2.24, 2.45) is 5.73 Å². The smallest absolute Gasteiger partial charge is 0.279 e. The first kappa shape index (κ1) is 11.4. The van der Waals surface area contributed by atoms with Gasteiger partial charge < -0.3 is 5.73 Å². The molecule has 0 amide bonds. The lowest BCUT2D eigenvalue weighted by atomic mass is 10.1. The van der Waals surface area contributed by atoms with Gasteiger partial charge in [-0.25, -0.2) is 0 Å². The van der Waals surface area contributed by atoms with Crippen LogP contribution in [0.2, 0.25) is 0 Å². The molecular weight excluding hydrogens is 192 g/mol. The minimum Gasteiger partial charge on any atom is -0.330 e. The van der Waals surface area contributed by atoms with Crippen molar-refractivity contribution in [3.05, 3.63) is 45.5 Å². The third kappa shape index (κ3) is 2.89. The summed E-state index contributed by atoms with van der Waals surface area (Å²) in [5.41, 5.74) is 6.82. The van der Waals surface area contributed by atoms with E-state index in [0.717, 1.165) is 6.42 Å². The van der Waals surface area contributed by atoms with Crippen molar-refractivity contribution < 1.29 is 4.92 Å². The molecule has 0 radical (unpaired) electrons. The van der Waals surface area contributed by atoms with Crippen LogP contribution < -0.4 is 5.73 Å². The predicted molar refractivity (Wildman–Crippen MR) is 60.5 cm³/mol. The van der Waals surface area contributed by atoms with Gasteiger partial charge >= 0.3 is 0 Å². The summed E-state index contributed by atoms with van der Waals surface area (Å²) in [4.78, 5) is 10.5. The van der Waals surface area contributed by atoms with E-state index in [1.165, 1.54) is 0 Å². The van der Waals surface area contributed by atoms with Crippen LogP contribution in [-0.2, 0) is 0 Å². The summed E-state index contributed by atoms with van der Waals surface area (Å²) in [5, 5.41) is 10.8. The molecule has 1 rings (SSSR count). The molecule has 1 aromatic carbocycles. The molecule has 0 bridgehead atoms. The van der Waals surface area contributed by atoms with Crippen molar-refractivity contribution >= 4 is 11.8 Å². The first-order valence-corrected chi connectivity index (χ1v) is 4.77. The summed E-state index contributed by atoms with van der Waals surface area (Å²) in [6, 6.07) is 5.28. The zero-order valence-corrected chi connectivity index (χ0v) is 8.64. The monoisotopic (exact) mass is 206 g/mol. The number of rotatable bonds is 4. The molecule has 0 saturated carbocycles. The second-order valence-electron chi connectivity index (χ2n) is 3.25. The van der Waals surface area contributed by atoms with Crippen LogP contribution in [0.3, 0.4) is 0 Å². The fourth-order valence-corrected chi connectivity index (χ4v) is 1.37. The van der Waals surface area contributed by atoms with Gasteiger partial charge in [0.05, 0.1) is 10.5 Å². The second-order valence-corrected chi connectivity index (χ2v) is 3.25. The number of para-hydroxylation sites is 1. The highest BCUT2D eigenvalue weighted by molar-refractivity contribution is 5.63. The van der Waals surface area contributed by atoms with Crippen molar-refractivity contribution in [2.45, 2.75) is 13.3 Å². The van der Waals surface area contributed by atoms with E-state index in [1.807, 2.05) is 12.1 Å². The van der Waals surface area contributed by atoms with E-state index in [-0.39, 0.29) is 10.6 Å². The Bertz CT molecular complexity index is 386. The summed E-state index contributed by atoms with van der Waals surface area (Å²) in [7, 11) is 0. The maximum Gasteiger partial charge on any atom is 0.279 e. The van der Waals surface area contributed by atoms with Gasteiger partial charge in [0.1, 0.15) is 0 Å². The lowest BCUT2D eigenvalue weighted by Crippen LogP contribution is -1.96.